The van der Waals surface area contributed by atoms with Gasteiger partial charge in [0.15, 0.2) is 5.75 Å². The van der Waals surface area contributed by atoms with Crippen LogP contribution < -0.4 is 10.1 Å². The van der Waals surface area contributed by atoms with Gasteiger partial charge in [0.25, 0.3) is 5.91 Å². The largest absolute Gasteiger partial charge is 0.486 e. The average Bonchev–Trinajstić information content (AvgIpc) is 3.19. The number of rotatable bonds is 6. The Labute approximate surface area is 174 Å². The maximum Gasteiger partial charge on any atom is 0.262 e. The SMILES string of the molecule is N#C/C(=C/c1cc(Cl)c(OCc2ccccc2)c(Cl)c1)C(=O)NC1CCCC1. The number of hydrogen-bond donors (Lipinski definition) is 1. The van der Waals surface area contributed by atoms with Gasteiger partial charge in [-0.05, 0) is 42.2 Å². The van der Waals surface area contributed by atoms with Gasteiger partial charge in [-0.15, -0.1) is 0 Å². The molecule has 1 aliphatic rings. The monoisotopic (exact) mass is 414 g/mol. The molecule has 0 saturated heterocycles. The van der Waals surface area contributed by atoms with Crippen LogP contribution in [0.2, 0.25) is 10.0 Å². The average molecular weight is 415 g/mol. The van der Waals surface area contributed by atoms with Crippen LogP contribution in [-0.4, -0.2) is 11.9 Å². The molecular formula is C22H20Cl2N2O2. The maximum absolute atomic E-state index is 12.3. The molecule has 144 valence electrons. The molecule has 1 fully saturated rings. The van der Waals surface area contributed by atoms with E-state index in [0.717, 1.165) is 31.2 Å². The van der Waals surface area contributed by atoms with Gasteiger partial charge in [0.2, 0.25) is 0 Å². The van der Waals surface area contributed by atoms with Gasteiger partial charge in [-0.25, -0.2) is 0 Å². The lowest BCUT2D eigenvalue weighted by atomic mass is 10.1. The lowest BCUT2D eigenvalue weighted by Crippen LogP contribution is -2.33. The highest BCUT2D eigenvalue weighted by Crippen LogP contribution is 2.35. The number of ether oxygens (including phenoxy) is 1. The normalized spacial score (nSPS) is 14.5. The summed E-state index contributed by atoms with van der Waals surface area (Å²) in [5, 5.41) is 12.9. The Balaban J connectivity index is 1.73. The first-order valence-corrected chi connectivity index (χ1v) is 9.91. The van der Waals surface area contributed by atoms with E-state index in [4.69, 9.17) is 27.9 Å². The Bertz CT molecular complexity index is 891. The van der Waals surface area contributed by atoms with Crippen molar-refractivity contribution in [3.05, 3.63) is 69.2 Å². The molecule has 28 heavy (non-hydrogen) atoms. The van der Waals surface area contributed by atoms with Crippen molar-refractivity contribution in [2.45, 2.75) is 38.3 Å². The summed E-state index contributed by atoms with van der Waals surface area (Å²) in [6, 6.07) is 15.0. The van der Waals surface area contributed by atoms with Crippen molar-refractivity contribution >= 4 is 35.2 Å². The van der Waals surface area contributed by atoms with E-state index in [2.05, 4.69) is 5.32 Å². The van der Waals surface area contributed by atoms with Crippen LogP contribution in [0.25, 0.3) is 6.08 Å². The number of amides is 1. The van der Waals surface area contributed by atoms with E-state index >= 15 is 0 Å². The Morgan fingerprint density at radius 3 is 2.43 bits per heavy atom. The molecule has 0 atom stereocenters. The summed E-state index contributed by atoms with van der Waals surface area (Å²) in [5.74, 6) is 0.00398. The molecule has 1 amide bonds. The first-order valence-electron chi connectivity index (χ1n) is 9.15. The Morgan fingerprint density at radius 1 is 1.18 bits per heavy atom. The van der Waals surface area contributed by atoms with Crippen molar-refractivity contribution in [3.63, 3.8) is 0 Å². The molecule has 0 spiro atoms. The van der Waals surface area contributed by atoms with Crippen LogP contribution in [0.1, 0.15) is 36.8 Å². The van der Waals surface area contributed by atoms with E-state index in [1.165, 1.54) is 6.08 Å². The summed E-state index contributed by atoms with van der Waals surface area (Å²) < 4.78 is 5.75. The molecule has 0 bridgehead atoms. The summed E-state index contributed by atoms with van der Waals surface area (Å²) in [6.45, 7) is 0.336. The fourth-order valence-corrected chi connectivity index (χ4v) is 3.79. The second kappa shape index (κ2) is 9.64. The third-order valence-electron chi connectivity index (χ3n) is 4.61. The highest BCUT2D eigenvalue weighted by atomic mass is 35.5. The number of carbonyl (C=O) groups is 1. The zero-order valence-electron chi connectivity index (χ0n) is 15.3. The van der Waals surface area contributed by atoms with Gasteiger partial charge in [0.1, 0.15) is 18.2 Å². The van der Waals surface area contributed by atoms with Gasteiger partial charge >= 0.3 is 0 Å². The van der Waals surface area contributed by atoms with Gasteiger partial charge in [-0.3, -0.25) is 4.79 Å². The van der Waals surface area contributed by atoms with Crippen LogP contribution >= 0.6 is 23.2 Å². The van der Waals surface area contributed by atoms with E-state index in [0.29, 0.717) is 28.0 Å². The van der Waals surface area contributed by atoms with E-state index in [-0.39, 0.29) is 17.5 Å². The molecule has 0 radical (unpaired) electrons. The summed E-state index contributed by atoms with van der Waals surface area (Å²) in [6.07, 6.45) is 5.60. The zero-order chi connectivity index (χ0) is 19.9. The standard InChI is InChI=1S/C22H20Cl2N2O2/c23-19-11-16(10-17(13-25)22(27)26-18-8-4-5-9-18)12-20(24)21(19)28-14-15-6-2-1-3-7-15/h1-3,6-7,10-12,18H,4-5,8-9,14H2,(H,26,27)/b17-10-. The van der Waals surface area contributed by atoms with Crippen molar-refractivity contribution in [1.29, 1.82) is 5.26 Å². The number of nitriles is 1. The van der Waals surface area contributed by atoms with Gasteiger partial charge in [-0.1, -0.05) is 66.4 Å². The number of benzene rings is 2. The highest BCUT2D eigenvalue weighted by Gasteiger charge is 2.19. The summed E-state index contributed by atoms with van der Waals surface area (Å²) in [4.78, 5) is 12.3. The molecule has 0 aliphatic heterocycles. The van der Waals surface area contributed by atoms with Crippen molar-refractivity contribution in [2.24, 2.45) is 0 Å². The highest BCUT2D eigenvalue weighted by molar-refractivity contribution is 6.37. The molecule has 0 heterocycles. The number of nitrogens with zero attached hydrogens (tertiary/aromatic N) is 1. The van der Waals surface area contributed by atoms with E-state index < -0.39 is 0 Å². The zero-order valence-corrected chi connectivity index (χ0v) is 16.8. The molecule has 1 N–H and O–H groups in total. The maximum atomic E-state index is 12.3. The predicted octanol–water partition coefficient (Wildman–Crippen LogP) is 5.54. The second-order valence-electron chi connectivity index (χ2n) is 6.71. The van der Waals surface area contributed by atoms with Gasteiger partial charge in [-0.2, -0.15) is 5.26 Å². The second-order valence-corrected chi connectivity index (χ2v) is 7.53. The first-order chi connectivity index (χ1) is 13.6. The molecule has 3 rings (SSSR count). The van der Waals surface area contributed by atoms with Crippen molar-refractivity contribution < 1.29 is 9.53 Å². The van der Waals surface area contributed by atoms with Crippen LogP contribution in [-0.2, 0) is 11.4 Å². The fourth-order valence-electron chi connectivity index (χ4n) is 3.18. The van der Waals surface area contributed by atoms with Crippen LogP contribution in [0.3, 0.4) is 0 Å². The van der Waals surface area contributed by atoms with E-state index in [1.807, 2.05) is 36.4 Å². The minimum absolute atomic E-state index is 0.0250. The van der Waals surface area contributed by atoms with Gasteiger partial charge in [0, 0.05) is 6.04 Å². The van der Waals surface area contributed by atoms with E-state index in [1.54, 1.807) is 12.1 Å². The summed E-state index contributed by atoms with van der Waals surface area (Å²) in [5.41, 5.74) is 1.59. The Kier molecular flexibility index (Phi) is 6.97. The van der Waals surface area contributed by atoms with Crippen molar-refractivity contribution in [2.75, 3.05) is 0 Å². The first kappa shape index (κ1) is 20.3. The van der Waals surface area contributed by atoms with Crippen molar-refractivity contribution in [3.8, 4) is 11.8 Å². The lowest BCUT2D eigenvalue weighted by Gasteiger charge is -2.12. The minimum Gasteiger partial charge on any atom is -0.486 e. The van der Waals surface area contributed by atoms with E-state index in [9.17, 15) is 10.1 Å². The molecule has 1 saturated carbocycles. The number of hydrogen-bond acceptors (Lipinski definition) is 3. The van der Waals surface area contributed by atoms with Crippen LogP contribution in [0.4, 0.5) is 0 Å². The Morgan fingerprint density at radius 2 is 1.82 bits per heavy atom. The summed E-state index contributed by atoms with van der Waals surface area (Å²) in [7, 11) is 0. The number of carbonyl (C=O) groups excluding carboxylic acids is 1. The molecule has 0 aromatic heterocycles. The minimum atomic E-state index is -0.369. The van der Waals surface area contributed by atoms with Crippen LogP contribution in [0.15, 0.2) is 48.0 Å². The number of nitrogens with one attached hydrogen (secondary N) is 1. The molecule has 0 unspecified atom stereocenters. The van der Waals surface area contributed by atoms with Crippen LogP contribution in [0.5, 0.6) is 5.75 Å². The molecule has 1 aliphatic carbocycles. The fraction of sp³-hybridized carbons (Fsp3) is 0.273. The lowest BCUT2D eigenvalue weighted by molar-refractivity contribution is -0.117. The molecule has 4 nitrogen and oxygen atoms in total. The third-order valence-corrected chi connectivity index (χ3v) is 5.17. The number of halogens is 2. The van der Waals surface area contributed by atoms with Gasteiger partial charge in [0.05, 0.1) is 10.0 Å². The predicted molar refractivity (Wildman–Crippen MR) is 111 cm³/mol. The molecular weight excluding hydrogens is 395 g/mol. The topological polar surface area (TPSA) is 62.1 Å². The summed E-state index contributed by atoms with van der Waals surface area (Å²) >= 11 is 12.6. The molecule has 2 aromatic carbocycles. The molecule has 2 aromatic rings. The van der Waals surface area contributed by atoms with Crippen molar-refractivity contribution in [1.82, 2.24) is 5.32 Å². The smallest absolute Gasteiger partial charge is 0.262 e. The Hall–Kier alpha value is -2.48. The van der Waals surface area contributed by atoms with Gasteiger partial charge < -0.3 is 10.1 Å². The molecule has 6 heteroatoms. The third kappa shape index (κ3) is 5.28. The van der Waals surface area contributed by atoms with Crippen LogP contribution in [0, 0.1) is 11.3 Å². The quantitative estimate of drug-likeness (QED) is 0.498.